The fourth-order valence-corrected chi connectivity index (χ4v) is 1.06. The summed E-state index contributed by atoms with van der Waals surface area (Å²) >= 11 is 0. The molecule has 0 saturated carbocycles. The lowest BCUT2D eigenvalue weighted by atomic mass is 10.1. The molecule has 5 heteroatoms. The van der Waals surface area contributed by atoms with Gasteiger partial charge in [-0.2, -0.15) is 0 Å². The quantitative estimate of drug-likeness (QED) is 0.612. The molecule has 0 aliphatic heterocycles. The molecule has 0 heterocycles. The lowest BCUT2D eigenvalue weighted by Gasteiger charge is -2.16. The van der Waals surface area contributed by atoms with E-state index in [1.165, 1.54) is 0 Å². The van der Waals surface area contributed by atoms with Crippen LogP contribution in [-0.4, -0.2) is 36.2 Å². The van der Waals surface area contributed by atoms with Crippen LogP contribution < -0.4 is 5.32 Å². The van der Waals surface area contributed by atoms with Crippen molar-refractivity contribution in [3.05, 3.63) is 0 Å². The summed E-state index contributed by atoms with van der Waals surface area (Å²) in [6, 6.07) is -0.645. The lowest BCUT2D eigenvalue weighted by Crippen LogP contribution is -2.39. The van der Waals surface area contributed by atoms with Gasteiger partial charge in [0.1, 0.15) is 6.04 Å². The molecule has 15 heavy (non-hydrogen) atoms. The second-order valence-electron chi connectivity index (χ2n) is 3.33. The molecule has 0 amide bonds. The predicted molar refractivity (Wildman–Crippen MR) is 55.5 cm³/mol. The molecular weight excluding hydrogens is 198 g/mol. The Labute approximate surface area is 89.8 Å². The first-order chi connectivity index (χ1) is 7.02. The standard InChI is InChI=1S/C10H19NO4/c1-4-8(10(14)15-5-2)6-11-7(3)9(12)13/h7-8,11H,4-6H2,1-3H3,(H,12,13)/t7-,8+/m0/s1. The smallest absolute Gasteiger partial charge is 0.320 e. The molecule has 0 fully saturated rings. The Bertz CT molecular complexity index is 217. The summed E-state index contributed by atoms with van der Waals surface area (Å²) in [4.78, 5) is 21.9. The highest BCUT2D eigenvalue weighted by Crippen LogP contribution is 2.04. The summed E-state index contributed by atoms with van der Waals surface area (Å²) in [5.74, 6) is -1.47. The van der Waals surface area contributed by atoms with Crippen molar-refractivity contribution in [1.29, 1.82) is 0 Å². The van der Waals surface area contributed by atoms with E-state index < -0.39 is 12.0 Å². The molecular formula is C10H19NO4. The van der Waals surface area contributed by atoms with Crippen molar-refractivity contribution in [2.24, 2.45) is 5.92 Å². The monoisotopic (exact) mass is 217 g/mol. The first kappa shape index (κ1) is 13.9. The molecule has 0 bridgehead atoms. The maximum absolute atomic E-state index is 11.3. The number of hydrogen-bond donors (Lipinski definition) is 2. The molecule has 0 saturated heterocycles. The first-order valence-corrected chi connectivity index (χ1v) is 5.15. The molecule has 2 N–H and O–H groups in total. The number of rotatable bonds is 7. The van der Waals surface area contributed by atoms with Crippen molar-refractivity contribution in [3.8, 4) is 0 Å². The number of ether oxygens (including phenoxy) is 1. The number of carboxylic acids is 1. The summed E-state index contributed by atoms with van der Waals surface area (Å²) < 4.78 is 4.86. The van der Waals surface area contributed by atoms with Gasteiger partial charge in [0.2, 0.25) is 0 Å². The van der Waals surface area contributed by atoms with Crippen molar-refractivity contribution in [2.75, 3.05) is 13.2 Å². The molecule has 0 aliphatic rings. The number of hydrogen-bond acceptors (Lipinski definition) is 4. The number of nitrogens with one attached hydrogen (secondary N) is 1. The third-order valence-electron chi connectivity index (χ3n) is 2.15. The topological polar surface area (TPSA) is 75.6 Å². The van der Waals surface area contributed by atoms with Crippen molar-refractivity contribution in [1.82, 2.24) is 5.32 Å². The fourth-order valence-electron chi connectivity index (χ4n) is 1.06. The van der Waals surface area contributed by atoms with Crippen LogP contribution in [0.2, 0.25) is 0 Å². The van der Waals surface area contributed by atoms with Gasteiger partial charge in [-0.1, -0.05) is 6.92 Å². The van der Waals surface area contributed by atoms with Crippen LogP contribution in [0.15, 0.2) is 0 Å². The van der Waals surface area contributed by atoms with Crippen LogP contribution in [0.1, 0.15) is 27.2 Å². The molecule has 88 valence electrons. The molecule has 5 nitrogen and oxygen atoms in total. The zero-order valence-electron chi connectivity index (χ0n) is 9.45. The Morgan fingerprint density at radius 1 is 1.40 bits per heavy atom. The van der Waals surface area contributed by atoms with E-state index in [2.05, 4.69) is 5.32 Å². The van der Waals surface area contributed by atoms with Gasteiger partial charge in [0, 0.05) is 6.54 Å². The predicted octanol–water partition coefficient (Wildman–Crippen LogP) is 0.638. The van der Waals surface area contributed by atoms with E-state index in [-0.39, 0.29) is 11.9 Å². The van der Waals surface area contributed by atoms with Crippen LogP contribution >= 0.6 is 0 Å². The SMILES string of the molecule is CCOC(=O)[C@H](CC)CN[C@@H](C)C(=O)O. The largest absolute Gasteiger partial charge is 0.480 e. The second-order valence-corrected chi connectivity index (χ2v) is 3.33. The maximum atomic E-state index is 11.3. The van der Waals surface area contributed by atoms with Crippen molar-refractivity contribution in [3.63, 3.8) is 0 Å². The minimum Gasteiger partial charge on any atom is -0.480 e. The van der Waals surface area contributed by atoms with E-state index in [0.29, 0.717) is 19.6 Å². The summed E-state index contributed by atoms with van der Waals surface area (Å²) in [6.45, 7) is 5.85. The Balaban J connectivity index is 3.99. The highest BCUT2D eigenvalue weighted by molar-refractivity contribution is 5.74. The number of carbonyl (C=O) groups excluding carboxylic acids is 1. The van der Waals surface area contributed by atoms with Crippen LogP contribution in [0.5, 0.6) is 0 Å². The van der Waals surface area contributed by atoms with Gasteiger partial charge in [0.05, 0.1) is 12.5 Å². The number of esters is 1. The minimum absolute atomic E-state index is 0.272. The highest BCUT2D eigenvalue weighted by Gasteiger charge is 2.19. The van der Waals surface area contributed by atoms with Crippen LogP contribution in [0.3, 0.4) is 0 Å². The third-order valence-corrected chi connectivity index (χ3v) is 2.15. The molecule has 0 aromatic rings. The van der Waals surface area contributed by atoms with Crippen LogP contribution in [0.4, 0.5) is 0 Å². The zero-order valence-corrected chi connectivity index (χ0v) is 9.45. The van der Waals surface area contributed by atoms with Crippen molar-refractivity contribution >= 4 is 11.9 Å². The van der Waals surface area contributed by atoms with Gasteiger partial charge in [0.25, 0.3) is 0 Å². The third kappa shape index (κ3) is 5.37. The number of carboxylic acid groups (broad SMARTS) is 1. The fraction of sp³-hybridized carbons (Fsp3) is 0.800. The van der Waals surface area contributed by atoms with Gasteiger partial charge < -0.3 is 15.2 Å². The summed E-state index contributed by atoms with van der Waals surface area (Å²) in [5, 5.41) is 11.4. The minimum atomic E-state index is -0.922. The van der Waals surface area contributed by atoms with E-state index in [9.17, 15) is 9.59 Å². The number of aliphatic carboxylic acids is 1. The number of carbonyl (C=O) groups is 2. The van der Waals surface area contributed by atoms with Gasteiger partial charge in [-0.15, -0.1) is 0 Å². The van der Waals surface area contributed by atoms with E-state index in [1.807, 2.05) is 6.92 Å². The maximum Gasteiger partial charge on any atom is 0.320 e. The molecule has 0 rings (SSSR count). The van der Waals surface area contributed by atoms with Gasteiger partial charge in [-0.05, 0) is 20.3 Å². The van der Waals surface area contributed by atoms with Crippen molar-refractivity contribution < 1.29 is 19.4 Å². The molecule has 0 aromatic heterocycles. The van der Waals surface area contributed by atoms with Crippen LogP contribution in [-0.2, 0) is 14.3 Å². The molecule has 0 radical (unpaired) electrons. The Morgan fingerprint density at radius 2 is 2.00 bits per heavy atom. The first-order valence-electron chi connectivity index (χ1n) is 5.15. The van der Waals surface area contributed by atoms with Gasteiger partial charge >= 0.3 is 11.9 Å². The van der Waals surface area contributed by atoms with E-state index in [1.54, 1.807) is 13.8 Å². The van der Waals surface area contributed by atoms with E-state index in [0.717, 1.165) is 0 Å². The Morgan fingerprint density at radius 3 is 2.40 bits per heavy atom. The Kier molecular flexibility index (Phi) is 6.70. The summed E-state index contributed by atoms with van der Waals surface area (Å²) in [7, 11) is 0. The lowest BCUT2D eigenvalue weighted by molar-refractivity contribution is -0.148. The van der Waals surface area contributed by atoms with E-state index >= 15 is 0 Å². The summed E-state index contributed by atoms with van der Waals surface area (Å²) in [5.41, 5.74) is 0. The van der Waals surface area contributed by atoms with Crippen LogP contribution in [0.25, 0.3) is 0 Å². The van der Waals surface area contributed by atoms with Crippen molar-refractivity contribution in [2.45, 2.75) is 33.2 Å². The second kappa shape index (κ2) is 7.23. The molecule has 0 unspecified atom stereocenters. The summed E-state index contributed by atoms with van der Waals surface area (Å²) in [6.07, 6.45) is 0.637. The van der Waals surface area contributed by atoms with Gasteiger partial charge in [-0.3, -0.25) is 9.59 Å². The van der Waals surface area contributed by atoms with Gasteiger partial charge in [-0.25, -0.2) is 0 Å². The molecule has 0 spiro atoms. The Hall–Kier alpha value is -1.10. The molecule has 2 atom stereocenters. The van der Waals surface area contributed by atoms with E-state index in [4.69, 9.17) is 9.84 Å². The normalized spacial score (nSPS) is 14.3. The van der Waals surface area contributed by atoms with Gasteiger partial charge in [0.15, 0.2) is 0 Å². The average Bonchev–Trinajstić information content (AvgIpc) is 2.18. The average molecular weight is 217 g/mol. The highest BCUT2D eigenvalue weighted by atomic mass is 16.5. The van der Waals surface area contributed by atoms with Crippen LogP contribution in [0, 0.1) is 5.92 Å². The zero-order chi connectivity index (χ0) is 11.8. The molecule has 0 aliphatic carbocycles. The molecule has 0 aromatic carbocycles.